The molecule has 1 unspecified atom stereocenters. The van der Waals surface area contributed by atoms with E-state index in [0.29, 0.717) is 17.5 Å². The number of aromatic nitrogens is 1. The van der Waals surface area contributed by atoms with Crippen molar-refractivity contribution >= 4 is 17.2 Å². The van der Waals surface area contributed by atoms with Crippen LogP contribution in [0.4, 0.5) is 0 Å². The molecule has 19 heavy (non-hydrogen) atoms. The molecule has 0 aromatic carbocycles. The van der Waals surface area contributed by atoms with Crippen LogP contribution in [0.25, 0.3) is 0 Å². The molecule has 4 nitrogen and oxygen atoms in total. The minimum Gasteiger partial charge on any atom is -0.337 e. The molecule has 1 fully saturated rings. The van der Waals surface area contributed by atoms with E-state index in [4.69, 9.17) is 5.73 Å². The highest BCUT2D eigenvalue weighted by molar-refractivity contribution is 7.09. The number of carbonyl (C=O) groups is 1. The summed E-state index contributed by atoms with van der Waals surface area (Å²) in [6.07, 6.45) is 2.01. The lowest BCUT2D eigenvalue weighted by molar-refractivity contribution is 0.0675. The van der Waals surface area contributed by atoms with E-state index in [1.807, 2.05) is 10.3 Å². The Bertz CT molecular complexity index is 434. The van der Waals surface area contributed by atoms with Crippen LogP contribution in [-0.4, -0.2) is 34.9 Å². The predicted molar refractivity (Wildman–Crippen MR) is 78.5 cm³/mol. The van der Waals surface area contributed by atoms with E-state index >= 15 is 0 Å². The summed E-state index contributed by atoms with van der Waals surface area (Å²) in [6.45, 7) is 7.86. The van der Waals surface area contributed by atoms with Crippen LogP contribution in [0.3, 0.4) is 0 Å². The maximum Gasteiger partial charge on any atom is 0.273 e. The van der Waals surface area contributed by atoms with E-state index < -0.39 is 0 Å². The highest BCUT2D eigenvalue weighted by atomic mass is 32.1. The Labute approximate surface area is 119 Å². The van der Waals surface area contributed by atoms with Crippen LogP contribution in [-0.2, 0) is 0 Å². The van der Waals surface area contributed by atoms with Crippen molar-refractivity contribution < 1.29 is 4.79 Å². The maximum absolute atomic E-state index is 12.4. The summed E-state index contributed by atoms with van der Waals surface area (Å²) in [5.74, 6) is 1.01. The van der Waals surface area contributed by atoms with Gasteiger partial charge in [-0.1, -0.05) is 13.8 Å². The highest BCUT2D eigenvalue weighted by Gasteiger charge is 2.26. The van der Waals surface area contributed by atoms with Gasteiger partial charge in [-0.15, -0.1) is 11.3 Å². The molecule has 0 saturated carbocycles. The lowest BCUT2D eigenvalue weighted by Crippen LogP contribution is -2.42. The van der Waals surface area contributed by atoms with Gasteiger partial charge >= 0.3 is 0 Å². The lowest BCUT2D eigenvalue weighted by Gasteiger charge is -2.33. The van der Waals surface area contributed by atoms with Gasteiger partial charge in [-0.2, -0.15) is 0 Å². The van der Waals surface area contributed by atoms with Crippen LogP contribution in [0, 0.1) is 5.92 Å². The van der Waals surface area contributed by atoms with Gasteiger partial charge in [0, 0.05) is 30.4 Å². The molecule has 1 atom stereocenters. The van der Waals surface area contributed by atoms with Crippen molar-refractivity contribution in [2.24, 2.45) is 11.7 Å². The smallest absolute Gasteiger partial charge is 0.273 e. The zero-order valence-corrected chi connectivity index (χ0v) is 12.7. The monoisotopic (exact) mass is 281 g/mol. The number of hydrogen-bond acceptors (Lipinski definition) is 4. The molecular weight excluding hydrogens is 258 g/mol. The predicted octanol–water partition coefficient (Wildman–Crippen LogP) is 2.47. The van der Waals surface area contributed by atoms with E-state index in [1.54, 1.807) is 11.3 Å². The third-order valence-corrected chi connectivity index (χ3v) is 4.95. The first kappa shape index (κ1) is 14.5. The second-order valence-electron chi connectivity index (χ2n) is 5.71. The molecule has 1 saturated heterocycles. The normalized spacial score (nSPS) is 18.9. The fourth-order valence-electron chi connectivity index (χ4n) is 2.44. The molecule has 1 aromatic heterocycles. The van der Waals surface area contributed by atoms with Gasteiger partial charge in [0.1, 0.15) is 5.69 Å². The van der Waals surface area contributed by atoms with Gasteiger partial charge in [0.05, 0.1) is 5.01 Å². The summed E-state index contributed by atoms with van der Waals surface area (Å²) in [5, 5.41) is 2.92. The van der Waals surface area contributed by atoms with Gasteiger partial charge in [-0.3, -0.25) is 4.79 Å². The van der Waals surface area contributed by atoms with Crippen molar-refractivity contribution in [1.29, 1.82) is 0 Å². The van der Waals surface area contributed by atoms with E-state index in [9.17, 15) is 4.79 Å². The largest absolute Gasteiger partial charge is 0.337 e. The van der Waals surface area contributed by atoms with Gasteiger partial charge in [0.15, 0.2) is 0 Å². The van der Waals surface area contributed by atoms with E-state index in [2.05, 4.69) is 25.8 Å². The number of thiazole rings is 1. The Morgan fingerprint density at radius 1 is 1.42 bits per heavy atom. The first-order chi connectivity index (χ1) is 8.99. The second kappa shape index (κ2) is 6.01. The number of rotatable bonds is 3. The first-order valence-corrected chi connectivity index (χ1v) is 7.87. The van der Waals surface area contributed by atoms with Crippen LogP contribution in [0.1, 0.15) is 55.0 Å². The van der Waals surface area contributed by atoms with E-state index in [0.717, 1.165) is 30.9 Å². The van der Waals surface area contributed by atoms with Gasteiger partial charge in [-0.25, -0.2) is 4.98 Å². The average Bonchev–Trinajstić information content (AvgIpc) is 2.87. The molecule has 1 aliphatic rings. The van der Waals surface area contributed by atoms with Crippen molar-refractivity contribution in [3.8, 4) is 0 Å². The molecule has 2 N–H and O–H groups in total. The van der Waals surface area contributed by atoms with Gasteiger partial charge < -0.3 is 10.6 Å². The summed E-state index contributed by atoms with van der Waals surface area (Å²) >= 11 is 1.58. The van der Waals surface area contributed by atoms with Crippen molar-refractivity contribution in [2.75, 3.05) is 13.1 Å². The molecule has 2 rings (SSSR count). The standard InChI is InChI=1S/C14H23N3OS/c1-9(2)13-16-12(8-19-13)14(18)17-6-4-11(5-7-17)10(3)15/h8-11H,4-7,15H2,1-3H3. The Morgan fingerprint density at radius 2 is 2.05 bits per heavy atom. The Hall–Kier alpha value is -0.940. The van der Waals surface area contributed by atoms with Crippen molar-refractivity contribution in [3.63, 3.8) is 0 Å². The molecule has 0 bridgehead atoms. The third-order valence-electron chi connectivity index (χ3n) is 3.81. The molecule has 0 aliphatic carbocycles. The first-order valence-electron chi connectivity index (χ1n) is 6.99. The minimum absolute atomic E-state index is 0.0753. The molecule has 1 aromatic rings. The Kier molecular flexibility index (Phi) is 4.58. The zero-order chi connectivity index (χ0) is 14.0. The lowest BCUT2D eigenvalue weighted by atomic mass is 9.91. The average molecular weight is 281 g/mol. The van der Waals surface area contributed by atoms with Crippen LogP contribution >= 0.6 is 11.3 Å². The van der Waals surface area contributed by atoms with Crippen LogP contribution in [0.2, 0.25) is 0 Å². The van der Waals surface area contributed by atoms with Crippen LogP contribution in [0.15, 0.2) is 5.38 Å². The van der Waals surface area contributed by atoms with Crippen LogP contribution in [0.5, 0.6) is 0 Å². The molecule has 0 radical (unpaired) electrons. The second-order valence-corrected chi connectivity index (χ2v) is 6.60. The highest BCUT2D eigenvalue weighted by Crippen LogP contribution is 2.23. The number of nitrogens with two attached hydrogens (primary N) is 1. The molecule has 106 valence electrons. The van der Waals surface area contributed by atoms with Gasteiger partial charge in [0.2, 0.25) is 0 Å². The summed E-state index contributed by atoms with van der Waals surface area (Å²) < 4.78 is 0. The fourth-order valence-corrected chi connectivity index (χ4v) is 3.25. The fraction of sp³-hybridized carbons (Fsp3) is 0.714. The molecule has 0 spiro atoms. The molecule has 2 heterocycles. The minimum atomic E-state index is 0.0753. The Morgan fingerprint density at radius 3 is 2.53 bits per heavy atom. The van der Waals surface area contributed by atoms with E-state index in [-0.39, 0.29) is 11.9 Å². The topological polar surface area (TPSA) is 59.2 Å². The quantitative estimate of drug-likeness (QED) is 0.926. The van der Waals surface area contributed by atoms with Crippen molar-refractivity contribution in [1.82, 2.24) is 9.88 Å². The summed E-state index contributed by atoms with van der Waals surface area (Å²) in [5.41, 5.74) is 6.53. The van der Waals surface area contributed by atoms with Gasteiger partial charge in [0.25, 0.3) is 5.91 Å². The summed E-state index contributed by atoms with van der Waals surface area (Å²) in [6, 6.07) is 0.226. The van der Waals surface area contributed by atoms with E-state index in [1.165, 1.54) is 0 Å². The number of amides is 1. The number of hydrogen-bond donors (Lipinski definition) is 1. The number of carbonyl (C=O) groups excluding carboxylic acids is 1. The zero-order valence-electron chi connectivity index (χ0n) is 11.9. The molecule has 1 amide bonds. The molecule has 5 heteroatoms. The number of piperidine rings is 1. The summed E-state index contributed by atoms with van der Waals surface area (Å²) in [4.78, 5) is 18.7. The third kappa shape index (κ3) is 3.34. The summed E-state index contributed by atoms with van der Waals surface area (Å²) in [7, 11) is 0. The van der Waals surface area contributed by atoms with Crippen molar-refractivity contribution in [2.45, 2.75) is 45.6 Å². The van der Waals surface area contributed by atoms with Crippen molar-refractivity contribution in [3.05, 3.63) is 16.1 Å². The number of nitrogens with zero attached hydrogens (tertiary/aromatic N) is 2. The molecule has 1 aliphatic heterocycles. The number of likely N-dealkylation sites (tertiary alicyclic amines) is 1. The van der Waals surface area contributed by atoms with Gasteiger partial charge in [-0.05, 0) is 25.7 Å². The van der Waals surface area contributed by atoms with Crippen LogP contribution < -0.4 is 5.73 Å². The Balaban J connectivity index is 1.97. The maximum atomic E-state index is 12.4. The SMILES string of the molecule is CC(C)c1nc(C(=O)N2CCC(C(C)N)CC2)cs1. The molecular formula is C14H23N3OS.